The molecular weight excluding hydrogens is 411 g/mol. The van der Waals surface area contributed by atoms with E-state index in [-0.39, 0.29) is 11.1 Å². The van der Waals surface area contributed by atoms with Gasteiger partial charge in [0, 0.05) is 42.3 Å². The third-order valence-electron chi connectivity index (χ3n) is 6.16. The molecule has 1 aliphatic carbocycles. The van der Waals surface area contributed by atoms with Gasteiger partial charge in [-0.2, -0.15) is 9.49 Å². The second-order valence-electron chi connectivity index (χ2n) is 8.47. The van der Waals surface area contributed by atoms with Gasteiger partial charge in [0.2, 0.25) is 5.95 Å². The molecule has 1 fully saturated rings. The minimum absolute atomic E-state index is 0.253. The lowest BCUT2D eigenvalue weighted by molar-refractivity contribution is 0.100. The number of aromatic hydroxyl groups is 1. The first-order valence-corrected chi connectivity index (χ1v) is 10.6. The number of hydrogen-bond donors (Lipinski definition) is 4. The Morgan fingerprint density at radius 1 is 1.31 bits per heavy atom. The van der Waals surface area contributed by atoms with Crippen LogP contribution in [0.4, 0.5) is 15.9 Å². The maximum Gasteiger partial charge on any atom is 0.254 e. The zero-order chi connectivity index (χ0) is 22.7. The molecule has 0 spiro atoms. The van der Waals surface area contributed by atoms with Gasteiger partial charge in [0.25, 0.3) is 5.91 Å². The van der Waals surface area contributed by atoms with Gasteiger partial charge >= 0.3 is 0 Å². The van der Waals surface area contributed by atoms with Crippen molar-refractivity contribution in [2.45, 2.75) is 50.7 Å². The largest absolute Gasteiger partial charge is 0.508 e. The molecule has 9 heteroatoms. The Morgan fingerprint density at radius 3 is 2.75 bits per heavy atom. The average Bonchev–Trinajstić information content (AvgIpc) is 3.19. The maximum absolute atomic E-state index is 13.4. The molecule has 3 aromatic rings. The zero-order valence-electron chi connectivity index (χ0n) is 17.9. The van der Waals surface area contributed by atoms with Gasteiger partial charge in [-0.15, -0.1) is 0 Å². The summed E-state index contributed by atoms with van der Waals surface area (Å²) in [6.07, 6.45) is 6.56. The summed E-state index contributed by atoms with van der Waals surface area (Å²) in [7, 11) is 0. The molecule has 5 N–H and O–H groups in total. The van der Waals surface area contributed by atoms with E-state index < -0.39 is 11.9 Å². The molecule has 0 aliphatic heterocycles. The number of amides is 1. The van der Waals surface area contributed by atoms with Crippen molar-refractivity contribution in [3.05, 3.63) is 65.9 Å². The summed E-state index contributed by atoms with van der Waals surface area (Å²) in [5, 5.41) is 21.0. The van der Waals surface area contributed by atoms with Crippen LogP contribution in [0, 0.1) is 5.95 Å². The topological polar surface area (TPSA) is 118 Å². The van der Waals surface area contributed by atoms with E-state index in [1.54, 1.807) is 23.0 Å². The third-order valence-corrected chi connectivity index (χ3v) is 6.16. The number of nitrogens with two attached hydrogens (primary N) is 1. The molecule has 2 aromatic heterocycles. The van der Waals surface area contributed by atoms with Gasteiger partial charge < -0.3 is 21.5 Å². The summed E-state index contributed by atoms with van der Waals surface area (Å²) >= 11 is 0. The van der Waals surface area contributed by atoms with Crippen molar-refractivity contribution in [2.24, 2.45) is 5.73 Å². The van der Waals surface area contributed by atoms with Gasteiger partial charge in [-0.1, -0.05) is 18.2 Å². The highest BCUT2D eigenvalue weighted by Crippen LogP contribution is 2.36. The molecule has 0 radical (unpaired) electrons. The van der Waals surface area contributed by atoms with E-state index in [4.69, 9.17) is 5.73 Å². The number of nitrogens with one attached hydrogen (secondary N) is 2. The quantitative estimate of drug-likeness (QED) is 0.420. The molecule has 168 valence electrons. The first-order chi connectivity index (χ1) is 15.3. The molecule has 0 bridgehead atoms. The summed E-state index contributed by atoms with van der Waals surface area (Å²) in [5.41, 5.74) is 6.85. The number of phenols is 1. The highest BCUT2D eigenvalue weighted by atomic mass is 19.1. The number of halogens is 1. The van der Waals surface area contributed by atoms with Gasteiger partial charge in [0.05, 0.1) is 5.54 Å². The molecule has 4 rings (SSSR count). The van der Waals surface area contributed by atoms with Crippen molar-refractivity contribution in [1.82, 2.24) is 20.1 Å². The van der Waals surface area contributed by atoms with E-state index in [0.717, 1.165) is 31.2 Å². The molecule has 32 heavy (non-hydrogen) atoms. The number of pyridine rings is 1. The number of rotatable bonds is 7. The summed E-state index contributed by atoms with van der Waals surface area (Å²) in [6.45, 7) is 2.72. The molecule has 8 nitrogen and oxygen atoms in total. The molecule has 1 saturated carbocycles. The van der Waals surface area contributed by atoms with Crippen LogP contribution in [0.3, 0.4) is 0 Å². The molecule has 1 aliphatic rings. The number of phenolic OH excluding ortho intramolecular Hbond substituents is 1. The van der Waals surface area contributed by atoms with E-state index in [1.165, 1.54) is 12.3 Å². The van der Waals surface area contributed by atoms with Gasteiger partial charge in [-0.3, -0.25) is 9.48 Å². The van der Waals surface area contributed by atoms with Crippen LogP contribution in [0.15, 0.2) is 48.8 Å². The van der Waals surface area contributed by atoms with Gasteiger partial charge in [-0.05, 0) is 44.7 Å². The summed E-state index contributed by atoms with van der Waals surface area (Å²) in [6, 6.07) is 10.5. The number of carbonyl (C=O) groups is 1. The predicted octanol–water partition coefficient (Wildman–Crippen LogP) is 3.41. The van der Waals surface area contributed by atoms with Crippen LogP contribution in [-0.2, 0) is 12.1 Å². The van der Waals surface area contributed by atoms with Gasteiger partial charge in [0.1, 0.15) is 11.3 Å². The van der Waals surface area contributed by atoms with Gasteiger partial charge in [-0.25, -0.2) is 4.98 Å². The normalized spacial score (nSPS) is 20.8. The lowest BCUT2D eigenvalue weighted by Gasteiger charge is -2.38. The summed E-state index contributed by atoms with van der Waals surface area (Å²) < 4.78 is 15.2. The highest BCUT2D eigenvalue weighted by molar-refractivity contribution is 5.98. The smallest absolute Gasteiger partial charge is 0.254 e. The van der Waals surface area contributed by atoms with Crippen LogP contribution in [0.5, 0.6) is 5.75 Å². The SMILES string of the molecule is CC1(n2cc(C(N)=O)c(Nc3ccnc(F)c3)n2)CCC(NCc2ccccc2O)CC1. The van der Waals surface area contributed by atoms with E-state index in [1.807, 2.05) is 18.2 Å². The fourth-order valence-electron chi connectivity index (χ4n) is 4.13. The van der Waals surface area contributed by atoms with Gasteiger partial charge in [0.15, 0.2) is 5.82 Å². The lowest BCUT2D eigenvalue weighted by atomic mass is 9.81. The minimum atomic E-state index is -0.628. The second-order valence-corrected chi connectivity index (χ2v) is 8.47. The van der Waals surface area contributed by atoms with Crippen LogP contribution >= 0.6 is 0 Å². The van der Waals surface area contributed by atoms with Crippen molar-refractivity contribution in [3.8, 4) is 5.75 Å². The van der Waals surface area contributed by atoms with Crippen LogP contribution in [0.25, 0.3) is 0 Å². The average molecular weight is 439 g/mol. The van der Waals surface area contributed by atoms with E-state index in [2.05, 4.69) is 27.6 Å². The number of nitrogens with zero attached hydrogens (tertiary/aromatic N) is 3. The number of carbonyl (C=O) groups excluding carboxylic acids is 1. The number of anilines is 2. The van der Waals surface area contributed by atoms with Crippen molar-refractivity contribution in [1.29, 1.82) is 0 Å². The molecule has 1 amide bonds. The van der Waals surface area contributed by atoms with Crippen molar-refractivity contribution in [3.63, 3.8) is 0 Å². The monoisotopic (exact) mass is 438 g/mol. The molecule has 0 atom stereocenters. The first-order valence-electron chi connectivity index (χ1n) is 10.6. The zero-order valence-corrected chi connectivity index (χ0v) is 17.9. The van der Waals surface area contributed by atoms with Crippen molar-refractivity contribution >= 4 is 17.4 Å². The number of benzene rings is 1. The Balaban J connectivity index is 1.44. The number of aromatic nitrogens is 3. The summed E-state index contributed by atoms with van der Waals surface area (Å²) in [4.78, 5) is 15.5. The lowest BCUT2D eigenvalue weighted by Crippen LogP contribution is -2.41. The Labute approximate surface area is 185 Å². The Bertz CT molecular complexity index is 1110. The molecule has 0 saturated heterocycles. The molecule has 2 heterocycles. The van der Waals surface area contributed by atoms with Crippen LogP contribution in [-0.4, -0.2) is 31.8 Å². The fraction of sp³-hybridized carbons (Fsp3) is 0.348. The number of hydrogen-bond acceptors (Lipinski definition) is 6. The number of para-hydroxylation sites is 1. The molecule has 1 aromatic carbocycles. The summed E-state index contributed by atoms with van der Waals surface area (Å²) in [5.74, 6) is -0.638. The molecule has 0 unspecified atom stereocenters. The second kappa shape index (κ2) is 8.96. The first kappa shape index (κ1) is 21.8. The maximum atomic E-state index is 13.4. The Kier molecular flexibility index (Phi) is 6.09. The Hall–Kier alpha value is -3.46. The highest BCUT2D eigenvalue weighted by Gasteiger charge is 2.34. The van der Waals surface area contributed by atoms with Crippen molar-refractivity contribution < 1.29 is 14.3 Å². The third kappa shape index (κ3) is 4.72. The Morgan fingerprint density at radius 2 is 2.06 bits per heavy atom. The standard InChI is InChI=1S/C23H27FN6O2/c1-23(9-6-16(7-10-23)27-13-15-4-2-3-5-19(15)31)30-14-18(21(25)32)22(29-30)28-17-8-11-26-20(24)12-17/h2-5,8,11-12,14,16,27,31H,6-7,9-10,13H2,1H3,(H2,25,32)(H,26,28,29). The fourth-order valence-corrected chi connectivity index (χ4v) is 4.13. The van der Waals surface area contributed by atoms with Crippen LogP contribution in [0.2, 0.25) is 0 Å². The van der Waals surface area contributed by atoms with E-state index in [0.29, 0.717) is 29.8 Å². The van der Waals surface area contributed by atoms with Crippen molar-refractivity contribution in [2.75, 3.05) is 5.32 Å². The van der Waals surface area contributed by atoms with Crippen LogP contribution < -0.4 is 16.4 Å². The minimum Gasteiger partial charge on any atom is -0.508 e. The number of primary amides is 1. The van der Waals surface area contributed by atoms with E-state index in [9.17, 15) is 14.3 Å². The predicted molar refractivity (Wildman–Crippen MR) is 119 cm³/mol. The van der Waals surface area contributed by atoms with Crippen LogP contribution in [0.1, 0.15) is 48.5 Å². The molecular formula is C23H27FN6O2. The van der Waals surface area contributed by atoms with E-state index >= 15 is 0 Å².